The summed E-state index contributed by atoms with van der Waals surface area (Å²) in [6, 6.07) is 1.87. The molecule has 1 aromatic heterocycles. The third-order valence-corrected chi connectivity index (χ3v) is 3.01. The second-order valence-corrected chi connectivity index (χ2v) is 4.20. The van der Waals surface area contributed by atoms with Crippen molar-refractivity contribution in [2.75, 3.05) is 0 Å². The Morgan fingerprint density at radius 1 is 1.60 bits per heavy atom. The largest absolute Gasteiger partial charge is 0.508 e. The summed E-state index contributed by atoms with van der Waals surface area (Å²) in [6.07, 6.45) is 6.07. The summed E-state index contributed by atoms with van der Waals surface area (Å²) in [5, 5.41) is 11.2. The molecule has 1 N–H and O–H groups in total. The Morgan fingerprint density at radius 2 is 2.33 bits per heavy atom. The Bertz CT molecular complexity index is 388. The minimum atomic E-state index is 0.206. The molecule has 1 atom stereocenters. The molecule has 0 spiro atoms. The van der Waals surface area contributed by atoms with Crippen LogP contribution in [0.2, 0.25) is 0 Å². The van der Waals surface area contributed by atoms with Crippen molar-refractivity contribution in [2.45, 2.75) is 19.8 Å². The van der Waals surface area contributed by atoms with E-state index in [1.54, 1.807) is 19.1 Å². The van der Waals surface area contributed by atoms with E-state index in [4.69, 9.17) is 0 Å². The third-order valence-electron chi connectivity index (χ3n) is 2.13. The fourth-order valence-corrected chi connectivity index (χ4v) is 1.93. The maximum Gasteiger partial charge on any atom is 0.160 e. The third kappa shape index (κ3) is 3.36. The molecule has 1 aromatic rings. The number of rotatable bonds is 4. The van der Waals surface area contributed by atoms with Crippen molar-refractivity contribution in [3.8, 4) is 0 Å². The molecule has 0 aromatic carbocycles. The van der Waals surface area contributed by atoms with Gasteiger partial charge in [-0.15, -0.1) is 11.3 Å². The number of thiophene rings is 1. The summed E-state index contributed by atoms with van der Waals surface area (Å²) < 4.78 is 0. The molecule has 1 rings (SSSR count). The van der Waals surface area contributed by atoms with Gasteiger partial charge in [0.2, 0.25) is 0 Å². The molecule has 0 saturated carbocycles. The van der Waals surface area contributed by atoms with Crippen molar-refractivity contribution in [3.05, 3.63) is 45.9 Å². The lowest BCUT2D eigenvalue weighted by Gasteiger charge is -2.01. The smallest absolute Gasteiger partial charge is 0.160 e. The van der Waals surface area contributed by atoms with Crippen molar-refractivity contribution < 1.29 is 9.90 Å². The van der Waals surface area contributed by atoms with Gasteiger partial charge in [0.05, 0.1) is 4.88 Å². The number of carbonyl (C=O) groups excluding carboxylic acids is 1. The number of allylic oxidation sites excluding steroid dienone is 3. The molecule has 0 aliphatic heterocycles. The number of aliphatic hydroxyl groups excluding tert-OH is 1. The van der Waals surface area contributed by atoms with Crippen LogP contribution in [0, 0.1) is 0 Å². The van der Waals surface area contributed by atoms with Gasteiger partial charge in [-0.2, -0.15) is 0 Å². The van der Waals surface area contributed by atoms with E-state index in [2.05, 4.69) is 0 Å². The molecule has 3 heteroatoms. The first-order valence-corrected chi connectivity index (χ1v) is 5.62. The summed E-state index contributed by atoms with van der Waals surface area (Å²) in [7, 11) is 0. The molecule has 0 radical (unpaired) electrons. The SMILES string of the molecule is C/C=C(O)\C=C/C(C)c1csc(C=O)c1. The highest BCUT2D eigenvalue weighted by Crippen LogP contribution is 2.22. The normalized spacial score (nSPS) is 14.4. The first-order valence-electron chi connectivity index (χ1n) is 4.74. The van der Waals surface area contributed by atoms with Gasteiger partial charge in [-0.3, -0.25) is 4.79 Å². The van der Waals surface area contributed by atoms with E-state index in [0.717, 1.165) is 16.7 Å². The highest BCUT2D eigenvalue weighted by atomic mass is 32.1. The molecule has 0 aliphatic rings. The van der Waals surface area contributed by atoms with E-state index < -0.39 is 0 Å². The van der Waals surface area contributed by atoms with Crippen LogP contribution < -0.4 is 0 Å². The molecule has 1 heterocycles. The van der Waals surface area contributed by atoms with Crippen LogP contribution in [-0.2, 0) is 0 Å². The van der Waals surface area contributed by atoms with E-state index in [9.17, 15) is 9.90 Å². The van der Waals surface area contributed by atoms with Crippen LogP contribution in [0.3, 0.4) is 0 Å². The lowest BCUT2D eigenvalue weighted by Crippen LogP contribution is -1.86. The van der Waals surface area contributed by atoms with Crippen LogP contribution in [-0.4, -0.2) is 11.4 Å². The number of aldehydes is 1. The first kappa shape index (κ1) is 11.7. The summed E-state index contributed by atoms with van der Waals surface area (Å²) in [6.45, 7) is 3.80. The van der Waals surface area contributed by atoms with E-state index in [1.165, 1.54) is 11.3 Å². The molecule has 0 fully saturated rings. The van der Waals surface area contributed by atoms with Crippen LogP contribution in [0.5, 0.6) is 0 Å². The van der Waals surface area contributed by atoms with Gasteiger partial charge >= 0.3 is 0 Å². The van der Waals surface area contributed by atoms with Gasteiger partial charge in [0.15, 0.2) is 6.29 Å². The van der Waals surface area contributed by atoms with E-state index in [1.807, 2.05) is 24.4 Å². The van der Waals surface area contributed by atoms with Gasteiger partial charge in [0.1, 0.15) is 5.76 Å². The first-order chi connectivity index (χ1) is 7.17. The molecule has 15 heavy (non-hydrogen) atoms. The van der Waals surface area contributed by atoms with E-state index in [-0.39, 0.29) is 11.7 Å². The fourth-order valence-electron chi connectivity index (χ4n) is 1.12. The maximum atomic E-state index is 10.5. The zero-order chi connectivity index (χ0) is 11.3. The molecular weight excluding hydrogens is 208 g/mol. The monoisotopic (exact) mass is 222 g/mol. The van der Waals surface area contributed by atoms with Crippen LogP contribution in [0.15, 0.2) is 35.4 Å². The summed E-state index contributed by atoms with van der Waals surface area (Å²) >= 11 is 1.44. The molecule has 0 bridgehead atoms. The van der Waals surface area contributed by atoms with Crippen LogP contribution in [0.4, 0.5) is 0 Å². The Balaban J connectivity index is 2.72. The van der Waals surface area contributed by atoms with Gasteiger partial charge in [-0.1, -0.05) is 13.0 Å². The lowest BCUT2D eigenvalue weighted by molar-refractivity contribution is 0.112. The van der Waals surface area contributed by atoms with E-state index in [0.29, 0.717) is 0 Å². The van der Waals surface area contributed by atoms with Crippen molar-refractivity contribution in [2.24, 2.45) is 0 Å². The lowest BCUT2D eigenvalue weighted by atomic mass is 10.0. The summed E-state index contributed by atoms with van der Waals surface area (Å²) in [5.74, 6) is 0.463. The number of carbonyl (C=O) groups is 1. The Hall–Kier alpha value is -1.35. The summed E-state index contributed by atoms with van der Waals surface area (Å²) in [5.41, 5.74) is 1.10. The summed E-state index contributed by atoms with van der Waals surface area (Å²) in [4.78, 5) is 11.2. The quantitative estimate of drug-likeness (QED) is 0.479. The number of aliphatic hydroxyl groups is 1. The minimum absolute atomic E-state index is 0.206. The molecule has 1 unspecified atom stereocenters. The van der Waals surface area contributed by atoms with Gasteiger partial charge in [-0.05, 0) is 36.1 Å². The molecule has 0 aliphatic carbocycles. The molecule has 0 amide bonds. The Labute approximate surface area is 93.6 Å². The number of hydrogen-bond acceptors (Lipinski definition) is 3. The van der Waals surface area contributed by atoms with Crippen molar-refractivity contribution in [3.63, 3.8) is 0 Å². The Morgan fingerprint density at radius 3 is 2.87 bits per heavy atom. The zero-order valence-corrected chi connectivity index (χ0v) is 9.62. The second kappa shape index (κ2) is 5.51. The van der Waals surface area contributed by atoms with Crippen LogP contribution in [0.25, 0.3) is 0 Å². The predicted molar refractivity (Wildman–Crippen MR) is 63.6 cm³/mol. The molecular formula is C12H14O2S. The van der Waals surface area contributed by atoms with Crippen LogP contribution in [0.1, 0.15) is 35.0 Å². The number of hydrogen-bond donors (Lipinski definition) is 1. The van der Waals surface area contributed by atoms with Gasteiger partial charge < -0.3 is 5.11 Å². The fraction of sp³-hybridized carbons (Fsp3) is 0.250. The average molecular weight is 222 g/mol. The average Bonchev–Trinajstić information content (AvgIpc) is 2.73. The van der Waals surface area contributed by atoms with Crippen molar-refractivity contribution in [1.29, 1.82) is 0 Å². The van der Waals surface area contributed by atoms with Gasteiger partial charge in [-0.25, -0.2) is 0 Å². The highest BCUT2D eigenvalue weighted by molar-refractivity contribution is 7.11. The second-order valence-electron chi connectivity index (χ2n) is 3.26. The maximum absolute atomic E-state index is 10.5. The van der Waals surface area contributed by atoms with Gasteiger partial charge in [0.25, 0.3) is 0 Å². The zero-order valence-electron chi connectivity index (χ0n) is 8.81. The molecule has 2 nitrogen and oxygen atoms in total. The molecule has 0 saturated heterocycles. The predicted octanol–water partition coefficient (Wildman–Crippen LogP) is 3.68. The molecule has 80 valence electrons. The van der Waals surface area contributed by atoms with Crippen LogP contribution >= 0.6 is 11.3 Å². The minimum Gasteiger partial charge on any atom is -0.508 e. The highest BCUT2D eigenvalue weighted by Gasteiger charge is 2.04. The van der Waals surface area contributed by atoms with Gasteiger partial charge in [0, 0.05) is 5.92 Å². The Kier molecular flexibility index (Phi) is 4.31. The standard InChI is InChI=1S/C12H14O2S/c1-3-11(14)5-4-9(2)10-6-12(7-13)15-8-10/h3-9,14H,1-2H3/b5-4-,11-3+. The topological polar surface area (TPSA) is 37.3 Å². The van der Waals surface area contributed by atoms with Crippen molar-refractivity contribution >= 4 is 17.6 Å². The van der Waals surface area contributed by atoms with Crippen molar-refractivity contribution in [1.82, 2.24) is 0 Å². The van der Waals surface area contributed by atoms with E-state index >= 15 is 0 Å².